The molecule has 0 unspecified atom stereocenters. The topological polar surface area (TPSA) is 102 Å². The zero-order chi connectivity index (χ0) is 21.0. The van der Waals surface area contributed by atoms with Crippen molar-refractivity contribution < 1.29 is 9.66 Å². The molecular weight excluding hydrogens is 394 g/mol. The van der Waals surface area contributed by atoms with Crippen LogP contribution < -0.4 is 15.4 Å². The van der Waals surface area contributed by atoms with Gasteiger partial charge in [0, 0.05) is 10.7 Å². The van der Waals surface area contributed by atoms with Gasteiger partial charge in [-0.1, -0.05) is 37.6 Å². The van der Waals surface area contributed by atoms with E-state index in [9.17, 15) is 10.1 Å². The number of methoxy groups -OCH3 is 1. The molecule has 0 fully saturated rings. The van der Waals surface area contributed by atoms with Crippen molar-refractivity contribution in [1.29, 1.82) is 0 Å². The number of aromatic nitrogens is 2. The average Bonchev–Trinajstić information content (AvgIpc) is 2.68. The average molecular weight is 414 g/mol. The van der Waals surface area contributed by atoms with Crippen LogP contribution in [-0.4, -0.2) is 22.0 Å². The molecule has 0 saturated heterocycles. The highest BCUT2D eigenvalue weighted by atomic mass is 35.5. The van der Waals surface area contributed by atoms with Crippen LogP contribution in [0.25, 0.3) is 0 Å². The predicted molar refractivity (Wildman–Crippen MR) is 114 cm³/mol. The lowest BCUT2D eigenvalue weighted by Crippen LogP contribution is -2.06. The van der Waals surface area contributed by atoms with Crippen LogP contribution in [0.3, 0.4) is 0 Å². The highest BCUT2D eigenvalue weighted by Crippen LogP contribution is 2.36. The fourth-order valence-corrected chi connectivity index (χ4v) is 2.90. The molecule has 0 aliphatic carbocycles. The van der Waals surface area contributed by atoms with Gasteiger partial charge in [0.25, 0.3) is 0 Å². The smallest absolute Gasteiger partial charge is 0.353 e. The van der Waals surface area contributed by atoms with Crippen molar-refractivity contribution in [2.75, 3.05) is 17.7 Å². The molecule has 0 saturated carbocycles. The predicted octanol–water partition coefficient (Wildman–Crippen LogP) is 5.66. The van der Waals surface area contributed by atoms with Crippen molar-refractivity contribution in [3.8, 4) is 5.75 Å². The second kappa shape index (κ2) is 8.74. The van der Waals surface area contributed by atoms with E-state index in [-0.39, 0.29) is 17.3 Å². The minimum atomic E-state index is -0.538. The first kappa shape index (κ1) is 20.3. The molecule has 1 aromatic heterocycles. The summed E-state index contributed by atoms with van der Waals surface area (Å²) in [7, 11) is 1.50. The van der Waals surface area contributed by atoms with Crippen molar-refractivity contribution >= 4 is 40.3 Å². The molecule has 0 aliphatic heterocycles. The summed E-state index contributed by atoms with van der Waals surface area (Å²) in [5.41, 5.74) is 2.02. The van der Waals surface area contributed by atoms with E-state index in [0.29, 0.717) is 28.1 Å². The van der Waals surface area contributed by atoms with Crippen LogP contribution in [0.1, 0.15) is 25.3 Å². The number of benzene rings is 2. The Morgan fingerprint density at radius 1 is 1.07 bits per heavy atom. The molecule has 0 aliphatic rings. The minimum Gasteiger partial charge on any atom is -0.495 e. The molecule has 0 radical (unpaired) electrons. The quantitative estimate of drug-likeness (QED) is 0.380. The van der Waals surface area contributed by atoms with Gasteiger partial charge in [-0.2, -0.15) is 0 Å². The molecular formula is C20H20ClN5O3. The number of rotatable bonds is 7. The first-order valence-corrected chi connectivity index (χ1v) is 9.23. The van der Waals surface area contributed by atoms with Gasteiger partial charge in [0.2, 0.25) is 11.6 Å². The Bertz CT molecular complexity index is 1030. The molecule has 1 heterocycles. The summed E-state index contributed by atoms with van der Waals surface area (Å²) in [6.45, 7) is 4.19. The Morgan fingerprint density at radius 2 is 1.72 bits per heavy atom. The maximum absolute atomic E-state index is 11.8. The third kappa shape index (κ3) is 4.72. The lowest BCUT2D eigenvalue weighted by molar-refractivity contribution is -0.383. The Balaban J connectivity index is 1.96. The van der Waals surface area contributed by atoms with E-state index in [0.717, 1.165) is 0 Å². The Hall–Kier alpha value is -3.39. The van der Waals surface area contributed by atoms with Crippen LogP contribution in [0.5, 0.6) is 5.75 Å². The maximum atomic E-state index is 11.8. The number of nitrogens with one attached hydrogen (secondary N) is 2. The summed E-state index contributed by atoms with van der Waals surface area (Å²) < 4.78 is 5.28. The third-order valence-corrected chi connectivity index (χ3v) is 4.49. The fraction of sp³-hybridized carbons (Fsp3) is 0.200. The van der Waals surface area contributed by atoms with Gasteiger partial charge in [-0.25, -0.2) is 9.97 Å². The molecule has 2 aromatic carbocycles. The lowest BCUT2D eigenvalue weighted by atomic mass is 10.0. The summed E-state index contributed by atoms with van der Waals surface area (Å²) in [6.07, 6.45) is 1.25. The normalized spacial score (nSPS) is 10.7. The van der Waals surface area contributed by atoms with Crippen LogP contribution in [-0.2, 0) is 0 Å². The van der Waals surface area contributed by atoms with Gasteiger partial charge < -0.3 is 15.4 Å². The van der Waals surface area contributed by atoms with Gasteiger partial charge in [-0.05, 0) is 41.8 Å². The Kier molecular flexibility index (Phi) is 6.13. The van der Waals surface area contributed by atoms with Crippen molar-refractivity contribution in [3.63, 3.8) is 0 Å². The highest BCUT2D eigenvalue weighted by Gasteiger charge is 2.24. The Morgan fingerprint density at radius 3 is 2.31 bits per heavy atom. The molecule has 150 valence electrons. The zero-order valence-electron chi connectivity index (χ0n) is 16.1. The lowest BCUT2D eigenvalue weighted by Gasteiger charge is -2.13. The zero-order valence-corrected chi connectivity index (χ0v) is 16.9. The van der Waals surface area contributed by atoms with Gasteiger partial charge in [0.1, 0.15) is 12.1 Å². The number of hydrogen-bond donors (Lipinski definition) is 2. The molecule has 2 N–H and O–H groups in total. The summed E-state index contributed by atoms with van der Waals surface area (Å²) in [5, 5.41) is 18.1. The van der Waals surface area contributed by atoms with E-state index < -0.39 is 4.92 Å². The van der Waals surface area contributed by atoms with Gasteiger partial charge in [-0.15, -0.1) is 0 Å². The van der Waals surface area contributed by atoms with Crippen molar-refractivity contribution in [2.45, 2.75) is 19.8 Å². The largest absolute Gasteiger partial charge is 0.495 e. The number of halogens is 1. The van der Waals surface area contributed by atoms with E-state index in [1.54, 1.807) is 18.2 Å². The molecule has 3 rings (SSSR count). The van der Waals surface area contributed by atoms with Gasteiger partial charge in [0.05, 0.1) is 17.7 Å². The molecule has 8 nitrogen and oxygen atoms in total. The number of nitrogens with zero attached hydrogens (tertiary/aromatic N) is 3. The molecule has 29 heavy (non-hydrogen) atoms. The van der Waals surface area contributed by atoms with Crippen molar-refractivity contribution in [1.82, 2.24) is 9.97 Å². The number of ether oxygens (including phenoxy) is 1. The summed E-state index contributed by atoms with van der Waals surface area (Å²) in [4.78, 5) is 19.3. The van der Waals surface area contributed by atoms with E-state index in [2.05, 4.69) is 34.4 Å². The van der Waals surface area contributed by atoms with Crippen LogP contribution in [0.15, 0.2) is 48.8 Å². The number of anilines is 4. The van der Waals surface area contributed by atoms with E-state index in [4.69, 9.17) is 16.3 Å². The van der Waals surface area contributed by atoms with Gasteiger partial charge in [0.15, 0.2) is 0 Å². The van der Waals surface area contributed by atoms with E-state index >= 15 is 0 Å². The molecule has 0 bridgehead atoms. The molecule has 3 aromatic rings. The number of hydrogen-bond acceptors (Lipinski definition) is 7. The van der Waals surface area contributed by atoms with Crippen molar-refractivity contribution in [3.05, 3.63) is 69.5 Å². The molecule has 0 atom stereocenters. The second-order valence-corrected chi connectivity index (χ2v) is 6.98. The molecule has 9 heteroatoms. The minimum absolute atomic E-state index is 0.0202. The first-order chi connectivity index (χ1) is 13.9. The number of nitro groups is 1. The highest BCUT2D eigenvalue weighted by molar-refractivity contribution is 6.31. The summed E-state index contributed by atoms with van der Waals surface area (Å²) in [5.74, 6) is 0.958. The molecule has 0 spiro atoms. The monoisotopic (exact) mass is 413 g/mol. The van der Waals surface area contributed by atoms with Crippen LogP contribution in [0.2, 0.25) is 5.02 Å². The van der Waals surface area contributed by atoms with Crippen LogP contribution >= 0.6 is 11.6 Å². The third-order valence-electron chi connectivity index (χ3n) is 4.26. The second-order valence-electron chi connectivity index (χ2n) is 6.55. The first-order valence-electron chi connectivity index (χ1n) is 8.86. The van der Waals surface area contributed by atoms with E-state index in [1.807, 2.05) is 24.3 Å². The standard InChI is InChI=1S/C20H20ClN5O3/c1-12(2)13-4-7-15(8-5-13)24-19-18(26(27)28)20(23-11-22-19)25-16-10-14(21)6-9-17(16)29-3/h4-12H,1-3H3,(H2,22,23,24,25). The van der Waals surface area contributed by atoms with Crippen LogP contribution in [0.4, 0.5) is 28.7 Å². The molecule has 0 amide bonds. The van der Waals surface area contributed by atoms with Crippen molar-refractivity contribution in [2.24, 2.45) is 0 Å². The SMILES string of the molecule is COc1ccc(Cl)cc1Nc1ncnc(Nc2ccc(C(C)C)cc2)c1[N+](=O)[O-]. The van der Waals surface area contributed by atoms with E-state index in [1.165, 1.54) is 19.0 Å². The summed E-state index contributed by atoms with van der Waals surface area (Å²) >= 11 is 6.04. The maximum Gasteiger partial charge on any atom is 0.353 e. The van der Waals surface area contributed by atoms with Crippen LogP contribution in [0, 0.1) is 10.1 Å². The van der Waals surface area contributed by atoms with Gasteiger partial charge >= 0.3 is 5.69 Å². The fourth-order valence-electron chi connectivity index (χ4n) is 2.73. The summed E-state index contributed by atoms with van der Waals surface area (Å²) in [6, 6.07) is 12.6. The Labute approximate surface area is 173 Å². The van der Waals surface area contributed by atoms with Gasteiger partial charge in [-0.3, -0.25) is 10.1 Å².